The van der Waals surface area contributed by atoms with Crippen LogP contribution in [0, 0.1) is 5.82 Å². The number of benzene rings is 1. The van der Waals surface area contributed by atoms with E-state index in [2.05, 4.69) is 10.2 Å². The fraction of sp³-hybridized carbons (Fsp3) is 0.562. The summed E-state index contributed by atoms with van der Waals surface area (Å²) in [6.07, 6.45) is 2.13. The monoisotopic (exact) mass is 291 g/mol. The Bertz CT molecular complexity index is 499. The highest BCUT2D eigenvalue weighted by Crippen LogP contribution is 2.30. The van der Waals surface area contributed by atoms with Crippen LogP contribution in [0.2, 0.25) is 0 Å². The Morgan fingerprint density at radius 3 is 2.52 bits per heavy atom. The van der Waals surface area contributed by atoms with Crippen LogP contribution >= 0.6 is 0 Å². The van der Waals surface area contributed by atoms with Crippen LogP contribution in [-0.4, -0.2) is 55.0 Å². The van der Waals surface area contributed by atoms with Crippen molar-refractivity contribution < 1.29 is 9.18 Å². The number of carbonyl (C=O) groups is 1. The van der Waals surface area contributed by atoms with Crippen LogP contribution < -0.4 is 5.32 Å². The van der Waals surface area contributed by atoms with Crippen LogP contribution in [0.3, 0.4) is 0 Å². The largest absolute Gasteiger partial charge is 0.343 e. The number of rotatable bonds is 2. The Morgan fingerprint density at radius 2 is 1.86 bits per heavy atom. The van der Waals surface area contributed by atoms with Crippen LogP contribution in [0.15, 0.2) is 24.3 Å². The molecule has 1 amide bonds. The molecule has 5 heteroatoms. The van der Waals surface area contributed by atoms with Crippen LogP contribution in [-0.2, 0) is 4.79 Å². The minimum absolute atomic E-state index is 0.163. The topological polar surface area (TPSA) is 35.6 Å². The number of halogens is 1. The van der Waals surface area contributed by atoms with Gasteiger partial charge in [-0.25, -0.2) is 4.39 Å². The fourth-order valence-electron chi connectivity index (χ4n) is 3.36. The third-order valence-corrected chi connectivity index (χ3v) is 4.62. The second-order valence-corrected chi connectivity index (χ2v) is 6.00. The summed E-state index contributed by atoms with van der Waals surface area (Å²) in [4.78, 5) is 16.2. The van der Waals surface area contributed by atoms with Gasteiger partial charge in [0.25, 0.3) is 0 Å². The lowest BCUT2D eigenvalue weighted by atomic mass is 9.96. The lowest BCUT2D eigenvalue weighted by Crippen LogP contribution is -2.55. The van der Waals surface area contributed by atoms with E-state index in [1.54, 1.807) is 4.90 Å². The molecule has 0 aromatic heterocycles. The highest BCUT2D eigenvalue weighted by atomic mass is 19.1. The zero-order chi connectivity index (χ0) is 14.8. The third-order valence-electron chi connectivity index (χ3n) is 4.62. The van der Waals surface area contributed by atoms with E-state index in [9.17, 15) is 9.18 Å². The summed E-state index contributed by atoms with van der Waals surface area (Å²) in [5.41, 5.74) is 1.09. The van der Waals surface area contributed by atoms with Crippen molar-refractivity contribution in [3.8, 4) is 0 Å². The van der Waals surface area contributed by atoms with Crippen molar-refractivity contribution in [3.63, 3.8) is 0 Å². The molecule has 2 heterocycles. The Balaban J connectivity index is 1.85. The lowest BCUT2D eigenvalue weighted by molar-refractivity contribution is -0.138. The number of nitrogens with one attached hydrogen (secondary N) is 1. The molecule has 0 bridgehead atoms. The van der Waals surface area contributed by atoms with Gasteiger partial charge in [0.05, 0.1) is 12.6 Å². The lowest BCUT2D eigenvalue weighted by Gasteiger charge is -2.45. The van der Waals surface area contributed by atoms with Gasteiger partial charge in [0.2, 0.25) is 5.91 Å². The van der Waals surface area contributed by atoms with Crippen molar-refractivity contribution in [2.75, 3.05) is 33.2 Å². The summed E-state index contributed by atoms with van der Waals surface area (Å²) in [5, 5.41) is 3.36. The molecule has 0 radical (unpaired) electrons. The molecule has 114 valence electrons. The quantitative estimate of drug-likeness (QED) is 0.894. The van der Waals surface area contributed by atoms with Crippen LogP contribution in [0.25, 0.3) is 0 Å². The second-order valence-electron chi connectivity index (χ2n) is 6.00. The number of piperazine rings is 1. The Kier molecular flexibility index (Phi) is 4.22. The van der Waals surface area contributed by atoms with E-state index in [1.807, 2.05) is 19.2 Å². The SMILES string of the molecule is CN1CC(c2ccc(F)cc2)N(C2CCNCC2)CC1=O. The van der Waals surface area contributed by atoms with Crippen molar-refractivity contribution in [1.82, 2.24) is 15.1 Å². The molecule has 4 nitrogen and oxygen atoms in total. The predicted octanol–water partition coefficient (Wildman–Crippen LogP) is 1.39. The van der Waals surface area contributed by atoms with E-state index < -0.39 is 0 Å². The summed E-state index contributed by atoms with van der Waals surface area (Å²) >= 11 is 0. The minimum atomic E-state index is -0.215. The van der Waals surface area contributed by atoms with E-state index in [1.165, 1.54) is 12.1 Å². The Morgan fingerprint density at radius 1 is 1.19 bits per heavy atom. The van der Waals surface area contributed by atoms with Gasteiger partial charge in [-0.05, 0) is 43.6 Å². The molecule has 2 fully saturated rings. The molecule has 1 unspecified atom stereocenters. The molecule has 0 spiro atoms. The average Bonchev–Trinajstić information content (AvgIpc) is 2.51. The van der Waals surface area contributed by atoms with Gasteiger partial charge in [-0.1, -0.05) is 12.1 Å². The number of amides is 1. The first-order valence-corrected chi connectivity index (χ1v) is 7.61. The van der Waals surface area contributed by atoms with E-state index >= 15 is 0 Å². The van der Waals surface area contributed by atoms with Crippen molar-refractivity contribution in [2.45, 2.75) is 24.9 Å². The van der Waals surface area contributed by atoms with Crippen LogP contribution in [0.1, 0.15) is 24.4 Å². The first-order chi connectivity index (χ1) is 10.1. The smallest absolute Gasteiger partial charge is 0.236 e. The van der Waals surface area contributed by atoms with E-state index in [4.69, 9.17) is 0 Å². The Hall–Kier alpha value is -1.46. The van der Waals surface area contributed by atoms with Gasteiger partial charge in [-0.15, -0.1) is 0 Å². The van der Waals surface area contributed by atoms with E-state index in [0.29, 0.717) is 19.1 Å². The minimum Gasteiger partial charge on any atom is -0.343 e. The maximum Gasteiger partial charge on any atom is 0.236 e. The first kappa shape index (κ1) is 14.5. The van der Waals surface area contributed by atoms with Gasteiger partial charge in [-0.2, -0.15) is 0 Å². The zero-order valence-electron chi connectivity index (χ0n) is 12.4. The molecular weight excluding hydrogens is 269 g/mol. The van der Waals surface area contributed by atoms with Crippen molar-refractivity contribution >= 4 is 5.91 Å². The molecule has 21 heavy (non-hydrogen) atoms. The molecule has 2 saturated heterocycles. The first-order valence-electron chi connectivity index (χ1n) is 7.61. The number of likely N-dealkylation sites (N-methyl/N-ethyl adjacent to an activating group) is 1. The standard InChI is InChI=1S/C16H22FN3O/c1-19-10-15(12-2-4-13(17)5-3-12)20(11-16(19)21)14-6-8-18-9-7-14/h2-5,14-15,18H,6-11H2,1H3. The normalized spacial score (nSPS) is 25.3. The number of nitrogens with zero attached hydrogens (tertiary/aromatic N) is 2. The molecule has 1 aromatic rings. The second kappa shape index (κ2) is 6.12. The van der Waals surface area contributed by atoms with Gasteiger partial charge in [-0.3, -0.25) is 9.69 Å². The van der Waals surface area contributed by atoms with Gasteiger partial charge in [0.15, 0.2) is 0 Å². The number of piperidine rings is 1. The number of hydrogen-bond donors (Lipinski definition) is 1. The number of hydrogen-bond acceptors (Lipinski definition) is 3. The molecule has 2 aliphatic heterocycles. The van der Waals surface area contributed by atoms with Crippen LogP contribution in [0.5, 0.6) is 0 Å². The highest BCUT2D eigenvalue weighted by molar-refractivity contribution is 5.79. The fourth-order valence-corrected chi connectivity index (χ4v) is 3.36. The zero-order valence-corrected chi connectivity index (χ0v) is 12.4. The van der Waals surface area contributed by atoms with Gasteiger partial charge >= 0.3 is 0 Å². The van der Waals surface area contributed by atoms with Gasteiger partial charge in [0.1, 0.15) is 5.82 Å². The summed E-state index contributed by atoms with van der Waals surface area (Å²) in [6, 6.07) is 7.30. The molecular formula is C16H22FN3O. The van der Waals surface area contributed by atoms with Gasteiger partial charge < -0.3 is 10.2 Å². The molecule has 3 rings (SSSR count). The van der Waals surface area contributed by atoms with Crippen LogP contribution in [0.4, 0.5) is 4.39 Å². The molecule has 1 aromatic carbocycles. The summed E-state index contributed by atoms with van der Waals surface area (Å²) in [5.74, 6) is -0.0423. The molecule has 1 N–H and O–H groups in total. The van der Waals surface area contributed by atoms with Crippen molar-refractivity contribution in [2.24, 2.45) is 0 Å². The Labute approximate surface area is 124 Å². The van der Waals surface area contributed by atoms with Crippen molar-refractivity contribution in [1.29, 1.82) is 0 Å². The van der Waals surface area contributed by atoms with E-state index in [-0.39, 0.29) is 17.8 Å². The maximum absolute atomic E-state index is 13.2. The molecule has 1 atom stereocenters. The molecule has 0 saturated carbocycles. The third kappa shape index (κ3) is 3.09. The van der Waals surface area contributed by atoms with Gasteiger partial charge in [0, 0.05) is 19.6 Å². The average molecular weight is 291 g/mol. The maximum atomic E-state index is 13.2. The summed E-state index contributed by atoms with van der Waals surface area (Å²) in [7, 11) is 1.85. The predicted molar refractivity (Wildman–Crippen MR) is 79.4 cm³/mol. The van der Waals surface area contributed by atoms with E-state index in [0.717, 1.165) is 31.5 Å². The highest BCUT2D eigenvalue weighted by Gasteiger charge is 2.35. The molecule has 0 aliphatic carbocycles. The summed E-state index contributed by atoms with van der Waals surface area (Å²) in [6.45, 7) is 3.14. The summed E-state index contributed by atoms with van der Waals surface area (Å²) < 4.78 is 13.2. The molecule has 2 aliphatic rings. The van der Waals surface area contributed by atoms with Crippen molar-refractivity contribution in [3.05, 3.63) is 35.6 Å². The number of carbonyl (C=O) groups excluding carboxylic acids is 1.